The van der Waals surface area contributed by atoms with Crippen LogP contribution in [0.2, 0.25) is 0 Å². The first-order valence-electron chi connectivity index (χ1n) is 7.10. The van der Waals surface area contributed by atoms with E-state index in [0.717, 1.165) is 44.2 Å². The van der Waals surface area contributed by atoms with Crippen molar-refractivity contribution in [3.8, 4) is 0 Å². The molecule has 3 unspecified atom stereocenters. The van der Waals surface area contributed by atoms with Crippen molar-refractivity contribution in [1.82, 2.24) is 4.90 Å². The minimum absolute atomic E-state index is 0.286. The highest BCUT2D eigenvalue weighted by Gasteiger charge is 2.48. The summed E-state index contributed by atoms with van der Waals surface area (Å²) in [7, 11) is 1.95. The maximum absolute atomic E-state index is 12.3. The summed E-state index contributed by atoms with van der Waals surface area (Å²) in [6, 6.07) is 0. The molecule has 0 spiro atoms. The van der Waals surface area contributed by atoms with Crippen molar-refractivity contribution in [2.75, 3.05) is 20.2 Å². The Balaban J connectivity index is 1.47. The Bertz CT molecular complexity index is 289. The molecule has 3 rings (SSSR count). The second-order valence-electron chi connectivity index (χ2n) is 6.13. The van der Waals surface area contributed by atoms with Crippen LogP contribution in [0.15, 0.2) is 0 Å². The number of amides is 1. The van der Waals surface area contributed by atoms with Gasteiger partial charge >= 0.3 is 0 Å². The monoisotopic (exact) mass is 237 g/mol. The molecule has 0 radical (unpaired) electrons. The van der Waals surface area contributed by atoms with Crippen LogP contribution in [0.1, 0.15) is 38.5 Å². The summed E-state index contributed by atoms with van der Waals surface area (Å²) in [5.41, 5.74) is 0. The molecule has 2 aliphatic carbocycles. The van der Waals surface area contributed by atoms with Gasteiger partial charge in [-0.3, -0.25) is 4.79 Å². The van der Waals surface area contributed by atoms with Gasteiger partial charge in [0.2, 0.25) is 5.91 Å². The van der Waals surface area contributed by atoms with Gasteiger partial charge in [0.05, 0.1) is 6.10 Å². The summed E-state index contributed by atoms with van der Waals surface area (Å²) >= 11 is 0. The SMILES string of the molecule is CN(CC1CCCCO1)C(=O)C1CC2CC2C1. The van der Waals surface area contributed by atoms with Crippen LogP contribution in [0.5, 0.6) is 0 Å². The van der Waals surface area contributed by atoms with E-state index in [1.807, 2.05) is 11.9 Å². The van der Waals surface area contributed by atoms with E-state index >= 15 is 0 Å². The Hall–Kier alpha value is -0.570. The molecule has 0 N–H and O–H groups in total. The molecule has 3 nitrogen and oxygen atoms in total. The third-order valence-electron chi connectivity index (χ3n) is 4.72. The molecule has 3 heteroatoms. The summed E-state index contributed by atoms with van der Waals surface area (Å²) < 4.78 is 5.70. The zero-order valence-electron chi connectivity index (χ0n) is 10.7. The van der Waals surface area contributed by atoms with Crippen LogP contribution in [0.4, 0.5) is 0 Å². The average molecular weight is 237 g/mol. The van der Waals surface area contributed by atoms with Crippen LogP contribution in [0, 0.1) is 17.8 Å². The van der Waals surface area contributed by atoms with E-state index in [0.29, 0.717) is 11.8 Å². The van der Waals surface area contributed by atoms with E-state index in [1.165, 1.54) is 19.3 Å². The molecule has 0 aromatic heterocycles. The number of fused-ring (bicyclic) bond motifs is 1. The predicted molar refractivity (Wildman–Crippen MR) is 65.5 cm³/mol. The molecule has 1 amide bonds. The molecule has 3 fully saturated rings. The van der Waals surface area contributed by atoms with Crippen molar-refractivity contribution in [2.45, 2.75) is 44.6 Å². The molecule has 1 aliphatic heterocycles. The van der Waals surface area contributed by atoms with Crippen LogP contribution < -0.4 is 0 Å². The Labute approximate surface area is 104 Å². The van der Waals surface area contributed by atoms with Crippen LogP contribution in [0.3, 0.4) is 0 Å². The largest absolute Gasteiger partial charge is 0.376 e. The van der Waals surface area contributed by atoms with E-state index in [9.17, 15) is 4.79 Å². The number of carbonyl (C=O) groups is 1. The van der Waals surface area contributed by atoms with Crippen molar-refractivity contribution in [1.29, 1.82) is 0 Å². The third kappa shape index (κ3) is 2.49. The molecule has 2 saturated carbocycles. The van der Waals surface area contributed by atoms with E-state index in [4.69, 9.17) is 4.74 Å². The lowest BCUT2D eigenvalue weighted by Crippen LogP contribution is -2.39. The molecule has 96 valence electrons. The maximum Gasteiger partial charge on any atom is 0.225 e. The standard InChI is InChI=1S/C14H23NO2/c1-15(9-13-4-2-3-5-17-13)14(16)12-7-10-6-11(10)8-12/h10-13H,2-9H2,1H3. The third-order valence-corrected chi connectivity index (χ3v) is 4.72. The van der Waals surface area contributed by atoms with Crippen LogP contribution in [-0.4, -0.2) is 37.1 Å². The van der Waals surface area contributed by atoms with Crippen molar-refractivity contribution in [3.63, 3.8) is 0 Å². The smallest absolute Gasteiger partial charge is 0.225 e. The Morgan fingerprint density at radius 1 is 1.24 bits per heavy atom. The van der Waals surface area contributed by atoms with E-state index < -0.39 is 0 Å². The van der Waals surface area contributed by atoms with Crippen molar-refractivity contribution >= 4 is 5.91 Å². The zero-order valence-corrected chi connectivity index (χ0v) is 10.7. The van der Waals surface area contributed by atoms with Gasteiger partial charge in [-0.25, -0.2) is 0 Å². The zero-order chi connectivity index (χ0) is 11.8. The van der Waals surface area contributed by atoms with Gasteiger partial charge in [0.15, 0.2) is 0 Å². The topological polar surface area (TPSA) is 29.5 Å². The maximum atomic E-state index is 12.3. The van der Waals surface area contributed by atoms with Gasteiger partial charge < -0.3 is 9.64 Å². The van der Waals surface area contributed by atoms with Gasteiger partial charge in [-0.15, -0.1) is 0 Å². The van der Waals surface area contributed by atoms with Crippen LogP contribution in [-0.2, 0) is 9.53 Å². The van der Waals surface area contributed by atoms with Gasteiger partial charge in [-0.05, 0) is 50.4 Å². The lowest BCUT2D eigenvalue weighted by atomic mass is 10.0. The highest BCUT2D eigenvalue weighted by molar-refractivity contribution is 5.79. The van der Waals surface area contributed by atoms with E-state index in [1.54, 1.807) is 0 Å². The summed E-state index contributed by atoms with van der Waals surface area (Å²) in [5, 5.41) is 0. The normalized spacial score (nSPS) is 39.8. The lowest BCUT2D eigenvalue weighted by molar-refractivity contribution is -0.136. The van der Waals surface area contributed by atoms with Crippen LogP contribution >= 0.6 is 0 Å². The molecule has 1 saturated heterocycles. The summed E-state index contributed by atoms with van der Waals surface area (Å²) in [5.74, 6) is 2.48. The average Bonchev–Trinajstić information content (AvgIpc) is 2.96. The molecule has 3 aliphatic rings. The quantitative estimate of drug-likeness (QED) is 0.752. The minimum Gasteiger partial charge on any atom is -0.376 e. The predicted octanol–water partition coefficient (Wildman–Crippen LogP) is 2.06. The molecule has 0 bridgehead atoms. The second-order valence-corrected chi connectivity index (χ2v) is 6.13. The number of rotatable bonds is 3. The van der Waals surface area contributed by atoms with Gasteiger partial charge in [0.1, 0.15) is 0 Å². The van der Waals surface area contributed by atoms with Gasteiger partial charge in [0, 0.05) is 26.1 Å². The number of ether oxygens (including phenoxy) is 1. The fourth-order valence-electron chi connectivity index (χ4n) is 3.57. The summed E-state index contributed by atoms with van der Waals surface area (Å²) in [6.07, 6.45) is 7.53. The number of hydrogen-bond donors (Lipinski definition) is 0. The first-order valence-corrected chi connectivity index (χ1v) is 7.10. The molecule has 0 aromatic rings. The molecule has 3 atom stereocenters. The highest BCUT2D eigenvalue weighted by Crippen LogP contribution is 2.54. The van der Waals surface area contributed by atoms with Gasteiger partial charge in [-0.2, -0.15) is 0 Å². The molecule has 1 heterocycles. The second kappa shape index (κ2) is 4.60. The van der Waals surface area contributed by atoms with E-state index in [2.05, 4.69) is 0 Å². The number of carbonyl (C=O) groups excluding carboxylic acids is 1. The number of hydrogen-bond acceptors (Lipinski definition) is 2. The summed E-state index contributed by atoms with van der Waals surface area (Å²) in [4.78, 5) is 14.2. The lowest BCUT2D eigenvalue weighted by Gasteiger charge is -2.29. The van der Waals surface area contributed by atoms with Crippen molar-refractivity contribution in [2.24, 2.45) is 17.8 Å². The molecular formula is C14H23NO2. The Morgan fingerprint density at radius 2 is 2.00 bits per heavy atom. The Kier molecular flexibility index (Phi) is 3.12. The molecule has 0 aromatic carbocycles. The Morgan fingerprint density at radius 3 is 2.65 bits per heavy atom. The minimum atomic E-state index is 0.286. The van der Waals surface area contributed by atoms with Gasteiger partial charge in [0.25, 0.3) is 0 Å². The number of likely N-dealkylation sites (N-methyl/N-ethyl adjacent to an activating group) is 1. The number of nitrogens with zero attached hydrogens (tertiary/aromatic N) is 1. The highest BCUT2D eigenvalue weighted by atomic mass is 16.5. The van der Waals surface area contributed by atoms with E-state index in [-0.39, 0.29) is 6.10 Å². The van der Waals surface area contributed by atoms with Gasteiger partial charge in [-0.1, -0.05) is 0 Å². The summed E-state index contributed by atoms with van der Waals surface area (Å²) in [6.45, 7) is 1.67. The fourth-order valence-corrected chi connectivity index (χ4v) is 3.57. The van der Waals surface area contributed by atoms with Crippen molar-refractivity contribution in [3.05, 3.63) is 0 Å². The molecule has 17 heavy (non-hydrogen) atoms. The molecular weight excluding hydrogens is 214 g/mol. The first kappa shape index (κ1) is 11.5. The fraction of sp³-hybridized carbons (Fsp3) is 0.929. The van der Waals surface area contributed by atoms with Crippen molar-refractivity contribution < 1.29 is 9.53 Å². The van der Waals surface area contributed by atoms with Crippen LogP contribution in [0.25, 0.3) is 0 Å². The first-order chi connectivity index (χ1) is 8.24.